The van der Waals surface area contributed by atoms with Crippen molar-refractivity contribution in [2.45, 2.75) is 54.8 Å². The van der Waals surface area contributed by atoms with E-state index in [0.29, 0.717) is 22.5 Å². The first-order valence-corrected chi connectivity index (χ1v) is 7.89. The topological polar surface area (TPSA) is 29.5 Å². The minimum atomic E-state index is -2.83. The quantitative estimate of drug-likeness (QED) is 0.921. The van der Waals surface area contributed by atoms with Crippen molar-refractivity contribution in [3.8, 4) is 5.75 Å². The third kappa shape index (κ3) is 3.09. The van der Waals surface area contributed by atoms with Crippen LogP contribution in [0, 0.1) is 0 Å². The van der Waals surface area contributed by atoms with Gasteiger partial charge in [-0.3, -0.25) is 0 Å². The van der Waals surface area contributed by atoms with Crippen molar-refractivity contribution in [3.05, 3.63) is 29.8 Å². The van der Waals surface area contributed by atoms with Crippen molar-refractivity contribution < 1.29 is 18.6 Å². The molecule has 2 heterocycles. The maximum atomic E-state index is 12.4. The van der Waals surface area contributed by atoms with Crippen LogP contribution in [-0.4, -0.2) is 27.8 Å². The Labute approximate surface area is 121 Å². The van der Waals surface area contributed by atoms with Crippen LogP contribution in [0.25, 0.3) is 0 Å². The van der Waals surface area contributed by atoms with E-state index in [1.165, 1.54) is 6.07 Å². The number of para-hydroxylation sites is 1. The van der Waals surface area contributed by atoms with Crippen LogP contribution in [0.4, 0.5) is 8.78 Å². The summed E-state index contributed by atoms with van der Waals surface area (Å²) in [5, 5.41) is 11.8. The molecule has 2 saturated heterocycles. The normalized spacial score (nSPS) is 32.6. The molecule has 110 valence electrons. The Kier molecular flexibility index (Phi) is 3.91. The summed E-state index contributed by atoms with van der Waals surface area (Å²) >= 11 is 1.97. The molecular formula is C15H18F2O2S. The molecule has 0 spiro atoms. The average molecular weight is 300 g/mol. The van der Waals surface area contributed by atoms with Crippen molar-refractivity contribution in [1.82, 2.24) is 0 Å². The highest BCUT2D eigenvalue weighted by molar-refractivity contribution is 8.00. The van der Waals surface area contributed by atoms with Crippen molar-refractivity contribution in [2.75, 3.05) is 0 Å². The van der Waals surface area contributed by atoms with E-state index in [-0.39, 0.29) is 5.75 Å². The molecule has 1 N–H and O–H groups in total. The number of alkyl halides is 2. The van der Waals surface area contributed by atoms with E-state index in [2.05, 4.69) is 4.74 Å². The molecule has 0 radical (unpaired) electrons. The monoisotopic (exact) mass is 300 g/mol. The molecule has 1 aromatic carbocycles. The highest BCUT2D eigenvalue weighted by Gasteiger charge is 2.43. The summed E-state index contributed by atoms with van der Waals surface area (Å²) in [4.78, 5) is 0. The summed E-state index contributed by atoms with van der Waals surface area (Å²) in [6, 6.07) is 6.77. The molecule has 2 atom stereocenters. The van der Waals surface area contributed by atoms with Crippen molar-refractivity contribution in [2.24, 2.45) is 0 Å². The minimum absolute atomic E-state index is 0.182. The van der Waals surface area contributed by atoms with Crippen LogP contribution in [0.5, 0.6) is 5.75 Å². The second kappa shape index (κ2) is 5.53. The van der Waals surface area contributed by atoms with Crippen LogP contribution in [0.3, 0.4) is 0 Å². The number of aliphatic hydroxyl groups is 1. The fraction of sp³-hybridized carbons (Fsp3) is 0.600. The number of benzene rings is 1. The van der Waals surface area contributed by atoms with Gasteiger partial charge in [-0.05, 0) is 37.3 Å². The van der Waals surface area contributed by atoms with Crippen LogP contribution >= 0.6 is 11.8 Å². The van der Waals surface area contributed by atoms with Gasteiger partial charge < -0.3 is 9.84 Å². The molecular weight excluding hydrogens is 282 g/mol. The fourth-order valence-corrected chi connectivity index (χ4v) is 5.27. The zero-order chi connectivity index (χ0) is 14.2. The number of halogens is 2. The molecule has 0 saturated carbocycles. The molecule has 3 rings (SSSR count). The van der Waals surface area contributed by atoms with Crippen LogP contribution in [0.2, 0.25) is 0 Å². The lowest BCUT2D eigenvalue weighted by atomic mass is 9.86. The average Bonchev–Trinajstić information content (AvgIpc) is 2.71. The maximum absolute atomic E-state index is 12.4. The zero-order valence-electron chi connectivity index (χ0n) is 11.1. The van der Waals surface area contributed by atoms with Gasteiger partial charge in [0.25, 0.3) is 0 Å². The highest BCUT2D eigenvalue weighted by atomic mass is 32.2. The van der Waals surface area contributed by atoms with Gasteiger partial charge >= 0.3 is 6.61 Å². The molecule has 0 aliphatic carbocycles. The number of fused-ring (bicyclic) bond motifs is 2. The molecule has 2 fully saturated rings. The molecule has 2 bridgehead atoms. The van der Waals surface area contributed by atoms with Crippen molar-refractivity contribution in [3.63, 3.8) is 0 Å². The van der Waals surface area contributed by atoms with E-state index in [1.807, 2.05) is 11.8 Å². The van der Waals surface area contributed by atoms with Gasteiger partial charge in [0.2, 0.25) is 0 Å². The van der Waals surface area contributed by atoms with Crippen molar-refractivity contribution >= 4 is 11.8 Å². The minimum Gasteiger partial charge on any atom is -0.435 e. The lowest BCUT2D eigenvalue weighted by Crippen LogP contribution is -2.39. The molecule has 0 aromatic heterocycles. The molecule has 2 unspecified atom stereocenters. The highest BCUT2D eigenvalue weighted by Crippen LogP contribution is 2.48. The number of hydrogen-bond donors (Lipinski definition) is 1. The van der Waals surface area contributed by atoms with Crippen LogP contribution in [-0.2, 0) is 6.42 Å². The van der Waals surface area contributed by atoms with E-state index < -0.39 is 12.2 Å². The summed E-state index contributed by atoms with van der Waals surface area (Å²) in [7, 11) is 0. The van der Waals surface area contributed by atoms with E-state index in [4.69, 9.17) is 0 Å². The number of ether oxygens (including phenoxy) is 1. The lowest BCUT2D eigenvalue weighted by molar-refractivity contribution is -0.0516. The van der Waals surface area contributed by atoms with E-state index in [0.717, 1.165) is 25.7 Å². The van der Waals surface area contributed by atoms with Gasteiger partial charge in [0, 0.05) is 16.9 Å². The SMILES string of the molecule is OC1(Cc2ccccc2OC(F)F)CC2CCC(C1)S2. The first kappa shape index (κ1) is 14.1. The van der Waals surface area contributed by atoms with Gasteiger partial charge in [-0.15, -0.1) is 0 Å². The number of rotatable bonds is 4. The lowest BCUT2D eigenvalue weighted by Gasteiger charge is -2.36. The van der Waals surface area contributed by atoms with E-state index in [9.17, 15) is 13.9 Å². The van der Waals surface area contributed by atoms with Crippen LogP contribution < -0.4 is 4.74 Å². The number of thioether (sulfide) groups is 1. The van der Waals surface area contributed by atoms with Gasteiger partial charge in [0.1, 0.15) is 5.75 Å². The Bertz CT molecular complexity index is 469. The summed E-state index contributed by atoms with van der Waals surface area (Å²) in [5.41, 5.74) is -0.111. The smallest absolute Gasteiger partial charge is 0.387 e. The zero-order valence-corrected chi connectivity index (χ0v) is 11.9. The molecule has 2 aliphatic rings. The first-order chi connectivity index (χ1) is 9.54. The molecule has 5 heteroatoms. The molecule has 1 aromatic rings. The maximum Gasteiger partial charge on any atom is 0.387 e. The fourth-order valence-electron chi connectivity index (χ4n) is 3.37. The third-order valence-corrected chi connectivity index (χ3v) is 5.69. The standard InChI is InChI=1S/C15H18F2O2S/c16-14(17)19-13-4-2-1-3-10(13)7-15(18)8-11-5-6-12(9-15)20-11/h1-4,11-12,14,18H,5-9H2. The molecule has 2 aliphatic heterocycles. The summed E-state index contributed by atoms with van der Waals surface area (Å²) in [6.07, 6.45) is 4.21. The second-order valence-corrected chi connectivity index (χ2v) is 7.36. The van der Waals surface area contributed by atoms with E-state index >= 15 is 0 Å². The van der Waals surface area contributed by atoms with Crippen LogP contribution in [0.1, 0.15) is 31.2 Å². The Balaban J connectivity index is 1.77. The predicted molar refractivity (Wildman–Crippen MR) is 75.4 cm³/mol. The Hall–Kier alpha value is -0.810. The molecule has 20 heavy (non-hydrogen) atoms. The largest absolute Gasteiger partial charge is 0.435 e. The van der Waals surface area contributed by atoms with Crippen molar-refractivity contribution in [1.29, 1.82) is 0 Å². The first-order valence-electron chi connectivity index (χ1n) is 6.95. The second-order valence-electron chi connectivity index (χ2n) is 5.75. The third-order valence-electron chi connectivity index (χ3n) is 4.12. The molecule has 0 amide bonds. The van der Waals surface area contributed by atoms with Gasteiger partial charge in [-0.2, -0.15) is 20.5 Å². The van der Waals surface area contributed by atoms with Crippen LogP contribution in [0.15, 0.2) is 24.3 Å². The predicted octanol–water partition coefficient (Wildman–Crippen LogP) is 3.62. The summed E-state index contributed by atoms with van der Waals surface area (Å²) in [6.45, 7) is -2.83. The Morgan fingerprint density at radius 2 is 1.90 bits per heavy atom. The van der Waals surface area contributed by atoms with Gasteiger partial charge in [-0.25, -0.2) is 0 Å². The summed E-state index contributed by atoms with van der Waals surface area (Å²) < 4.78 is 29.4. The van der Waals surface area contributed by atoms with E-state index in [1.54, 1.807) is 18.2 Å². The summed E-state index contributed by atoms with van der Waals surface area (Å²) in [5.74, 6) is 0.182. The Morgan fingerprint density at radius 3 is 2.55 bits per heavy atom. The number of hydrogen-bond acceptors (Lipinski definition) is 3. The van der Waals surface area contributed by atoms with Gasteiger partial charge in [0.05, 0.1) is 5.60 Å². The Morgan fingerprint density at radius 1 is 1.25 bits per heavy atom. The van der Waals surface area contributed by atoms with Gasteiger partial charge in [-0.1, -0.05) is 18.2 Å². The molecule has 2 nitrogen and oxygen atoms in total. The van der Waals surface area contributed by atoms with Gasteiger partial charge in [0.15, 0.2) is 0 Å².